The minimum absolute atomic E-state index is 0.00128. The zero-order chi connectivity index (χ0) is 23.8. The van der Waals surface area contributed by atoms with Crippen LogP contribution >= 0.6 is 11.8 Å². The quantitative estimate of drug-likeness (QED) is 0.456. The Kier molecular flexibility index (Phi) is 8.22. The van der Waals surface area contributed by atoms with E-state index in [2.05, 4.69) is 10.6 Å². The summed E-state index contributed by atoms with van der Waals surface area (Å²) in [5.41, 5.74) is 0.961. The maximum Gasteiger partial charge on any atom is 0.319 e. The zero-order valence-corrected chi connectivity index (χ0v) is 18.7. The molecule has 1 heterocycles. The molecule has 0 aromatic heterocycles. The highest BCUT2D eigenvalue weighted by Gasteiger charge is 2.45. The fourth-order valence-corrected chi connectivity index (χ4v) is 4.35. The van der Waals surface area contributed by atoms with Gasteiger partial charge in [-0.25, -0.2) is 4.39 Å². The topological polar surface area (TPSA) is 108 Å². The van der Waals surface area contributed by atoms with Gasteiger partial charge < -0.3 is 15.4 Å². The van der Waals surface area contributed by atoms with Crippen molar-refractivity contribution in [2.45, 2.75) is 19.4 Å². The van der Waals surface area contributed by atoms with E-state index >= 15 is 0 Å². The second kappa shape index (κ2) is 11.3. The molecule has 0 saturated carbocycles. The van der Waals surface area contributed by atoms with E-state index in [0.29, 0.717) is 6.54 Å². The lowest BCUT2D eigenvalue weighted by molar-refractivity contribution is -0.152. The van der Waals surface area contributed by atoms with Crippen LogP contribution in [0.3, 0.4) is 0 Å². The molecule has 2 atom stereocenters. The summed E-state index contributed by atoms with van der Waals surface area (Å²) in [5.74, 6) is -5.19. The summed E-state index contributed by atoms with van der Waals surface area (Å²) < 4.78 is 19.7. The van der Waals surface area contributed by atoms with Crippen LogP contribution in [0.25, 0.3) is 0 Å². The Morgan fingerprint density at radius 2 is 1.88 bits per heavy atom. The van der Waals surface area contributed by atoms with Crippen molar-refractivity contribution < 1.29 is 23.5 Å². The minimum Gasteiger partial charge on any atom is -0.465 e. The largest absolute Gasteiger partial charge is 0.465 e. The molecule has 3 rings (SSSR count). The summed E-state index contributed by atoms with van der Waals surface area (Å²) in [5, 5.41) is 15.3. The maximum absolute atomic E-state index is 14.6. The van der Waals surface area contributed by atoms with Crippen molar-refractivity contribution in [3.63, 3.8) is 0 Å². The summed E-state index contributed by atoms with van der Waals surface area (Å²) in [6.45, 7) is 1.95. The molecule has 0 radical (unpaired) electrons. The molecule has 7 nitrogen and oxygen atoms in total. The normalized spacial score (nSPS) is 17.7. The number of nitrogens with zero attached hydrogens (tertiary/aromatic N) is 1. The monoisotopic (exact) mass is 467 g/mol. The number of ether oxygens (including phenoxy) is 1. The first-order valence-corrected chi connectivity index (χ1v) is 11.2. The third-order valence-electron chi connectivity index (χ3n) is 4.99. The second-order valence-electron chi connectivity index (χ2n) is 7.12. The smallest absolute Gasteiger partial charge is 0.319 e. The molecule has 1 aliphatic rings. The van der Waals surface area contributed by atoms with Crippen molar-refractivity contribution in [1.29, 1.82) is 5.26 Å². The molecule has 2 aromatic rings. The molecule has 0 fully saturated rings. The van der Waals surface area contributed by atoms with Crippen LogP contribution in [-0.2, 0) is 25.7 Å². The van der Waals surface area contributed by atoms with Gasteiger partial charge in [0, 0.05) is 12.5 Å². The number of halogens is 1. The lowest BCUT2D eigenvalue weighted by atomic mass is 9.78. The molecule has 2 amide bonds. The number of amides is 2. The third kappa shape index (κ3) is 5.79. The number of rotatable bonds is 8. The van der Waals surface area contributed by atoms with Crippen LogP contribution in [0.15, 0.2) is 65.2 Å². The summed E-state index contributed by atoms with van der Waals surface area (Å²) >= 11 is 0.947. The summed E-state index contributed by atoms with van der Waals surface area (Å²) in [7, 11) is 0. The highest BCUT2D eigenvalue weighted by atomic mass is 32.2. The second-order valence-corrected chi connectivity index (χ2v) is 8.11. The van der Waals surface area contributed by atoms with Gasteiger partial charge in [0.15, 0.2) is 0 Å². The molecule has 2 aromatic carbocycles. The molecule has 2 unspecified atom stereocenters. The molecule has 9 heteroatoms. The van der Waals surface area contributed by atoms with Gasteiger partial charge in [-0.05, 0) is 24.1 Å². The number of esters is 1. The van der Waals surface area contributed by atoms with Crippen molar-refractivity contribution in [1.82, 2.24) is 10.6 Å². The van der Waals surface area contributed by atoms with Crippen molar-refractivity contribution >= 4 is 29.5 Å². The predicted molar refractivity (Wildman–Crippen MR) is 121 cm³/mol. The molecular weight excluding hydrogens is 445 g/mol. The first kappa shape index (κ1) is 24.0. The molecule has 0 saturated heterocycles. The molecular formula is C24H22FN3O4S. The number of hydrogen-bond donors (Lipinski definition) is 2. The van der Waals surface area contributed by atoms with E-state index in [9.17, 15) is 24.0 Å². The molecule has 170 valence electrons. The van der Waals surface area contributed by atoms with Crippen LogP contribution in [-0.4, -0.2) is 30.1 Å². The van der Waals surface area contributed by atoms with Gasteiger partial charge >= 0.3 is 5.97 Å². The van der Waals surface area contributed by atoms with Gasteiger partial charge in [0.05, 0.1) is 29.0 Å². The number of allylic oxidation sites excluding steroid dienone is 1. The van der Waals surface area contributed by atoms with Crippen LogP contribution in [0, 0.1) is 23.1 Å². The van der Waals surface area contributed by atoms with Crippen LogP contribution in [0.2, 0.25) is 0 Å². The fourth-order valence-electron chi connectivity index (χ4n) is 3.47. The van der Waals surface area contributed by atoms with Crippen molar-refractivity contribution in [3.05, 3.63) is 82.1 Å². The number of benzene rings is 2. The van der Waals surface area contributed by atoms with Gasteiger partial charge in [0.2, 0.25) is 11.8 Å². The lowest BCUT2D eigenvalue weighted by Crippen LogP contribution is -2.44. The Bertz CT molecular complexity index is 1110. The maximum atomic E-state index is 14.6. The summed E-state index contributed by atoms with van der Waals surface area (Å²) in [6.07, 6.45) is 0. The van der Waals surface area contributed by atoms with E-state index in [1.807, 2.05) is 36.4 Å². The number of thioether (sulfide) groups is 1. The standard InChI is InChI=1S/C24H22FN3O4S/c1-2-32-24(31)21-20(16-10-6-7-11-18(16)25)17(12-26)23(28-22(21)30)33-14-19(29)27-13-15-8-4-3-5-9-15/h3-11,20-21H,2,13-14H2,1H3,(H,27,29)(H,28,30). The first-order valence-electron chi connectivity index (χ1n) is 10.3. The van der Waals surface area contributed by atoms with E-state index in [4.69, 9.17) is 4.74 Å². The molecule has 0 aliphatic carbocycles. The van der Waals surface area contributed by atoms with E-state index in [0.717, 1.165) is 17.3 Å². The van der Waals surface area contributed by atoms with Gasteiger partial charge in [-0.15, -0.1) is 0 Å². The SMILES string of the molecule is CCOC(=O)C1C(=O)NC(SCC(=O)NCc2ccccc2)=C(C#N)C1c1ccccc1F. The Hall–Kier alpha value is -3.64. The molecule has 1 aliphatic heterocycles. The van der Waals surface area contributed by atoms with Crippen molar-refractivity contribution in [2.24, 2.45) is 5.92 Å². The number of carbonyl (C=O) groups is 3. The highest BCUT2D eigenvalue weighted by molar-refractivity contribution is 8.03. The van der Waals surface area contributed by atoms with E-state index in [1.54, 1.807) is 13.0 Å². The number of carbonyl (C=O) groups excluding carboxylic acids is 3. The fraction of sp³-hybridized carbons (Fsp3) is 0.250. The van der Waals surface area contributed by atoms with E-state index in [1.165, 1.54) is 18.2 Å². The van der Waals surface area contributed by atoms with Crippen LogP contribution in [0.1, 0.15) is 24.0 Å². The number of nitrogens with one attached hydrogen (secondary N) is 2. The summed E-state index contributed by atoms with van der Waals surface area (Å²) in [4.78, 5) is 37.7. The minimum atomic E-state index is -1.42. The van der Waals surface area contributed by atoms with Crippen LogP contribution in [0.5, 0.6) is 0 Å². The highest BCUT2D eigenvalue weighted by Crippen LogP contribution is 2.41. The van der Waals surface area contributed by atoms with Gasteiger partial charge in [-0.3, -0.25) is 14.4 Å². The Morgan fingerprint density at radius 3 is 2.55 bits per heavy atom. The Balaban J connectivity index is 1.85. The van der Waals surface area contributed by atoms with Crippen molar-refractivity contribution in [3.8, 4) is 6.07 Å². The van der Waals surface area contributed by atoms with Gasteiger partial charge in [0.25, 0.3) is 0 Å². The molecule has 0 bridgehead atoms. The Morgan fingerprint density at radius 1 is 1.18 bits per heavy atom. The number of hydrogen-bond acceptors (Lipinski definition) is 6. The average Bonchev–Trinajstić information content (AvgIpc) is 2.82. The van der Waals surface area contributed by atoms with Crippen LogP contribution < -0.4 is 10.6 Å². The van der Waals surface area contributed by atoms with Gasteiger partial charge in [-0.2, -0.15) is 5.26 Å². The van der Waals surface area contributed by atoms with Crippen LogP contribution in [0.4, 0.5) is 4.39 Å². The lowest BCUT2D eigenvalue weighted by Gasteiger charge is -2.31. The molecule has 2 N–H and O–H groups in total. The molecule has 0 spiro atoms. The third-order valence-corrected chi connectivity index (χ3v) is 6.01. The van der Waals surface area contributed by atoms with E-state index in [-0.39, 0.29) is 34.4 Å². The summed E-state index contributed by atoms with van der Waals surface area (Å²) in [6, 6.07) is 17.0. The van der Waals surface area contributed by atoms with E-state index < -0.39 is 29.5 Å². The molecule has 33 heavy (non-hydrogen) atoms. The first-order chi connectivity index (χ1) is 16.0. The average molecular weight is 468 g/mol. The van der Waals surface area contributed by atoms with Gasteiger partial charge in [0.1, 0.15) is 11.7 Å². The zero-order valence-electron chi connectivity index (χ0n) is 17.8. The van der Waals surface area contributed by atoms with Gasteiger partial charge in [-0.1, -0.05) is 60.3 Å². The Labute approximate surface area is 195 Å². The van der Waals surface area contributed by atoms with Crippen molar-refractivity contribution in [2.75, 3.05) is 12.4 Å². The predicted octanol–water partition coefficient (Wildman–Crippen LogP) is 3.00. The number of nitriles is 1.